The molecule has 0 unspecified atom stereocenters. The molecule has 194 valence electrons. The van der Waals surface area contributed by atoms with E-state index in [4.69, 9.17) is 14.2 Å². The summed E-state index contributed by atoms with van der Waals surface area (Å²) < 4.78 is 80.6. The molecule has 3 aromatic rings. The van der Waals surface area contributed by atoms with Crippen LogP contribution in [0.4, 0.5) is 36.2 Å². The van der Waals surface area contributed by atoms with Gasteiger partial charge in [-0.15, -0.1) is 0 Å². The lowest BCUT2D eigenvalue weighted by Gasteiger charge is -2.17. The van der Waals surface area contributed by atoms with E-state index in [1.54, 1.807) is 31.4 Å². The third kappa shape index (κ3) is 7.69. The maximum absolute atomic E-state index is 12.8. The number of hydrogen-bond acceptors (Lipinski definition) is 9. The zero-order valence-corrected chi connectivity index (χ0v) is 20.1. The second kappa shape index (κ2) is 11.9. The smallest absolute Gasteiger partial charge is 0.422 e. The Morgan fingerprint density at radius 2 is 1.64 bits per heavy atom. The summed E-state index contributed by atoms with van der Waals surface area (Å²) in [6, 6.07) is 12.4. The lowest BCUT2D eigenvalue weighted by molar-refractivity contribution is -0.153. The first kappa shape index (κ1) is 27.0. The Kier molecular flexibility index (Phi) is 8.90. The number of aromatic nitrogens is 2. The van der Waals surface area contributed by atoms with Gasteiger partial charge in [-0.05, 0) is 43.4 Å². The third-order valence-corrected chi connectivity index (χ3v) is 5.97. The number of halogens is 3. The Labute approximate surface area is 205 Å². The molecule has 0 saturated carbocycles. The molecule has 10 nitrogen and oxygen atoms in total. The SMILES string of the molecule is CNS(=O)(=O)c1cccc(Nc2cc(Nc3ccc(OCCOC)cc3)ncn2)c1OCC(F)(F)F. The Morgan fingerprint density at radius 3 is 2.28 bits per heavy atom. The molecule has 3 N–H and O–H groups in total. The molecule has 0 aliphatic heterocycles. The fraction of sp³-hybridized carbons (Fsp3) is 0.273. The van der Waals surface area contributed by atoms with Crippen molar-refractivity contribution in [3.63, 3.8) is 0 Å². The number of alkyl halides is 3. The zero-order valence-electron chi connectivity index (χ0n) is 19.3. The predicted octanol–water partition coefficient (Wildman–Crippen LogP) is 3.84. The van der Waals surface area contributed by atoms with Gasteiger partial charge in [0.1, 0.15) is 35.2 Å². The highest BCUT2D eigenvalue weighted by Gasteiger charge is 2.31. The molecule has 0 spiro atoms. The fourth-order valence-electron chi connectivity index (χ4n) is 2.90. The summed E-state index contributed by atoms with van der Waals surface area (Å²) in [4.78, 5) is 7.72. The number of sulfonamides is 1. The Hall–Kier alpha value is -3.62. The summed E-state index contributed by atoms with van der Waals surface area (Å²) in [6.07, 6.45) is -3.44. The van der Waals surface area contributed by atoms with E-state index >= 15 is 0 Å². The van der Waals surface area contributed by atoms with Gasteiger partial charge in [-0.1, -0.05) is 6.07 Å². The van der Waals surface area contributed by atoms with E-state index in [0.717, 1.165) is 13.1 Å². The molecule has 1 aromatic heterocycles. The summed E-state index contributed by atoms with van der Waals surface area (Å²) in [7, 11) is -1.39. The second-order valence-corrected chi connectivity index (χ2v) is 9.00. The van der Waals surface area contributed by atoms with Crippen molar-refractivity contribution in [3.8, 4) is 11.5 Å². The summed E-state index contributed by atoms with van der Waals surface area (Å²) in [5.41, 5.74) is 0.660. The van der Waals surface area contributed by atoms with E-state index in [9.17, 15) is 21.6 Å². The highest BCUT2D eigenvalue weighted by molar-refractivity contribution is 7.89. The molecule has 0 bridgehead atoms. The number of ether oxygens (including phenoxy) is 3. The van der Waals surface area contributed by atoms with Crippen LogP contribution in [0.15, 0.2) is 59.8 Å². The monoisotopic (exact) mass is 527 g/mol. The van der Waals surface area contributed by atoms with Gasteiger partial charge in [-0.3, -0.25) is 0 Å². The molecule has 0 amide bonds. The van der Waals surface area contributed by atoms with Crippen LogP contribution in [0, 0.1) is 0 Å². The van der Waals surface area contributed by atoms with Gasteiger partial charge in [-0.2, -0.15) is 13.2 Å². The Bertz CT molecular complexity index is 1260. The highest BCUT2D eigenvalue weighted by Crippen LogP contribution is 2.35. The minimum absolute atomic E-state index is 0.0298. The molecule has 0 aliphatic carbocycles. The third-order valence-electron chi connectivity index (χ3n) is 4.53. The van der Waals surface area contributed by atoms with Crippen LogP contribution in [-0.2, 0) is 14.8 Å². The van der Waals surface area contributed by atoms with Crippen LogP contribution in [-0.4, -0.2) is 58.5 Å². The first-order valence-corrected chi connectivity index (χ1v) is 11.9. The molecule has 0 radical (unpaired) electrons. The first-order valence-electron chi connectivity index (χ1n) is 10.5. The van der Waals surface area contributed by atoms with Gasteiger partial charge in [0.05, 0.1) is 12.3 Å². The molecular formula is C22H24F3N5O5S. The number of nitrogens with zero attached hydrogens (tertiary/aromatic N) is 2. The van der Waals surface area contributed by atoms with Crippen molar-refractivity contribution in [3.05, 3.63) is 54.9 Å². The summed E-state index contributed by atoms with van der Waals surface area (Å²) in [5, 5.41) is 5.87. The first-order chi connectivity index (χ1) is 17.1. The highest BCUT2D eigenvalue weighted by atomic mass is 32.2. The van der Waals surface area contributed by atoms with Gasteiger partial charge in [0, 0.05) is 18.9 Å². The van der Waals surface area contributed by atoms with Gasteiger partial charge < -0.3 is 24.8 Å². The van der Waals surface area contributed by atoms with Crippen molar-refractivity contribution in [2.45, 2.75) is 11.1 Å². The van der Waals surface area contributed by atoms with E-state index < -0.39 is 33.5 Å². The Balaban J connectivity index is 1.81. The zero-order chi connectivity index (χ0) is 26.2. The minimum atomic E-state index is -4.68. The van der Waals surface area contributed by atoms with Crippen LogP contribution in [0.1, 0.15) is 0 Å². The molecule has 0 aliphatic rings. The molecule has 0 saturated heterocycles. The topological polar surface area (TPSA) is 124 Å². The summed E-state index contributed by atoms with van der Waals surface area (Å²) in [6.45, 7) is -0.807. The summed E-state index contributed by atoms with van der Waals surface area (Å²) >= 11 is 0. The number of para-hydroxylation sites is 1. The predicted molar refractivity (Wildman–Crippen MR) is 127 cm³/mol. The second-order valence-electron chi connectivity index (χ2n) is 7.15. The van der Waals surface area contributed by atoms with Crippen LogP contribution < -0.4 is 24.8 Å². The summed E-state index contributed by atoms with van der Waals surface area (Å²) in [5.74, 6) is 0.715. The fourth-order valence-corrected chi connectivity index (χ4v) is 3.79. The average molecular weight is 528 g/mol. The quantitative estimate of drug-likeness (QED) is 0.302. The lowest BCUT2D eigenvalue weighted by Crippen LogP contribution is -2.23. The molecule has 14 heteroatoms. The van der Waals surface area contributed by atoms with E-state index in [1.807, 2.05) is 0 Å². The molecule has 0 fully saturated rings. The molecule has 3 rings (SSSR count). The van der Waals surface area contributed by atoms with Crippen molar-refractivity contribution in [2.75, 3.05) is 44.6 Å². The number of anilines is 4. The molecule has 36 heavy (non-hydrogen) atoms. The van der Waals surface area contributed by atoms with Crippen LogP contribution >= 0.6 is 0 Å². The normalized spacial score (nSPS) is 11.7. The van der Waals surface area contributed by atoms with E-state index in [-0.39, 0.29) is 11.5 Å². The standard InChI is InChI=1S/C22H24F3N5O5S/c1-26-36(31,32)18-5-3-4-17(21(18)35-13-22(23,24)25)30-20-12-19(27-14-28-20)29-15-6-8-16(9-7-15)34-11-10-33-2/h3-9,12,14,26H,10-11,13H2,1-2H3,(H2,27,28,29,30). The Morgan fingerprint density at radius 1 is 0.944 bits per heavy atom. The number of nitrogens with one attached hydrogen (secondary N) is 3. The van der Waals surface area contributed by atoms with E-state index in [2.05, 4.69) is 25.3 Å². The van der Waals surface area contributed by atoms with Gasteiger partial charge in [0.25, 0.3) is 0 Å². The maximum Gasteiger partial charge on any atom is 0.422 e. The van der Waals surface area contributed by atoms with Crippen molar-refractivity contribution < 1.29 is 35.8 Å². The number of benzene rings is 2. The van der Waals surface area contributed by atoms with Crippen LogP contribution in [0.3, 0.4) is 0 Å². The molecule has 1 heterocycles. The van der Waals surface area contributed by atoms with Crippen molar-refractivity contribution in [2.24, 2.45) is 0 Å². The largest absolute Gasteiger partial charge is 0.491 e. The van der Waals surface area contributed by atoms with E-state index in [1.165, 1.54) is 24.5 Å². The van der Waals surface area contributed by atoms with Crippen LogP contribution in [0.2, 0.25) is 0 Å². The average Bonchev–Trinajstić information content (AvgIpc) is 2.84. The maximum atomic E-state index is 12.8. The number of methoxy groups -OCH3 is 1. The number of hydrogen-bond donors (Lipinski definition) is 3. The van der Waals surface area contributed by atoms with Crippen LogP contribution in [0.5, 0.6) is 11.5 Å². The van der Waals surface area contributed by atoms with Gasteiger partial charge in [0.2, 0.25) is 10.0 Å². The molecular weight excluding hydrogens is 503 g/mol. The lowest BCUT2D eigenvalue weighted by atomic mass is 10.3. The van der Waals surface area contributed by atoms with Gasteiger partial charge in [-0.25, -0.2) is 23.1 Å². The minimum Gasteiger partial charge on any atom is -0.491 e. The molecule has 2 aromatic carbocycles. The van der Waals surface area contributed by atoms with Crippen LogP contribution in [0.25, 0.3) is 0 Å². The van der Waals surface area contributed by atoms with Gasteiger partial charge in [0.15, 0.2) is 12.4 Å². The van der Waals surface area contributed by atoms with Crippen molar-refractivity contribution >= 4 is 33.0 Å². The number of rotatable bonds is 12. The van der Waals surface area contributed by atoms with Crippen molar-refractivity contribution in [1.29, 1.82) is 0 Å². The molecule has 0 atom stereocenters. The van der Waals surface area contributed by atoms with Crippen molar-refractivity contribution in [1.82, 2.24) is 14.7 Å². The van der Waals surface area contributed by atoms with E-state index in [0.29, 0.717) is 30.5 Å². The van der Waals surface area contributed by atoms with Gasteiger partial charge >= 0.3 is 6.18 Å².